The molecule has 7 heteroatoms. The number of non-ortho nitro benzene ring substituents is 1. The van der Waals surface area contributed by atoms with E-state index in [4.69, 9.17) is 5.73 Å². The Bertz CT molecular complexity index is 753. The third-order valence-electron chi connectivity index (χ3n) is 4.72. The molecule has 0 aliphatic heterocycles. The molecule has 1 fully saturated rings. The van der Waals surface area contributed by atoms with E-state index < -0.39 is 4.92 Å². The van der Waals surface area contributed by atoms with Crippen molar-refractivity contribution in [3.05, 3.63) is 39.3 Å². The zero-order chi connectivity index (χ0) is 17.1. The number of amides is 1. The zero-order valence-electron chi connectivity index (χ0n) is 13.4. The lowest BCUT2D eigenvalue weighted by molar-refractivity contribution is -0.384. The van der Waals surface area contributed by atoms with Gasteiger partial charge in [-0.25, -0.2) is 0 Å². The molecule has 1 saturated carbocycles. The fraction of sp³-hybridized carbons (Fsp3) is 0.471. The number of nitrogens with two attached hydrogens (primary N) is 1. The summed E-state index contributed by atoms with van der Waals surface area (Å²) in [5.74, 6) is 0.308. The minimum atomic E-state index is -0.426. The maximum Gasteiger partial charge on any atom is 0.270 e. The highest BCUT2D eigenvalue weighted by Crippen LogP contribution is 2.30. The van der Waals surface area contributed by atoms with Crippen molar-refractivity contribution in [2.24, 2.45) is 11.7 Å². The Morgan fingerprint density at radius 2 is 2.08 bits per heavy atom. The molecule has 0 bridgehead atoms. The molecule has 0 saturated heterocycles. The Labute approximate surface area is 144 Å². The summed E-state index contributed by atoms with van der Waals surface area (Å²) in [5.41, 5.74) is 5.91. The van der Waals surface area contributed by atoms with Gasteiger partial charge in [0.15, 0.2) is 0 Å². The van der Waals surface area contributed by atoms with E-state index in [1.807, 2.05) is 0 Å². The predicted molar refractivity (Wildman–Crippen MR) is 95.4 cm³/mol. The van der Waals surface area contributed by atoms with E-state index in [9.17, 15) is 14.9 Å². The van der Waals surface area contributed by atoms with Crippen LogP contribution in [0.3, 0.4) is 0 Å². The molecular formula is C17H21N3O3S. The predicted octanol–water partition coefficient (Wildman–Crippen LogP) is 3.45. The molecule has 24 heavy (non-hydrogen) atoms. The number of rotatable bonds is 5. The lowest BCUT2D eigenvalue weighted by Crippen LogP contribution is -2.45. The number of nitrogens with one attached hydrogen (secondary N) is 1. The summed E-state index contributed by atoms with van der Waals surface area (Å²) in [6.07, 6.45) is 5.88. The Hall–Kier alpha value is -1.99. The van der Waals surface area contributed by atoms with Gasteiger partial charge >= 0.3 is 0 Å². The fourth-order valence-electron chi connectivity index (χ4n) is 3.40. The normalized spacial score (nSPS) is 16.9. The molecule has 0 spiro atoms. The average Bonchev–Trinajstić information content (AvgIpc) is 3.03. The van der Waals surface area contributed by atoms with Crippen molar-refractivity contribution in [3.8, 4) is 0 Å². The number of carbonyl (C=O) groups excluding carboxylic acids is 1. The quantitative estimate of drug-likeness (QED) is 0.639. The first-order valence-corrected chi connectivity index (χ1v) is 9.09. The van der Waals surface area contributed by atoms with Crippen LogP contribution in [0.5, 0.6) is 0 Å². The molecule has 1 unspecified atom stereocenters. The summed E-state index contributed by atoms with van der Waals surface area (Å²) in [5, 5.41) is 14.6. The summed E-state index contributed by atoms with van der Waals surface area (Å²) in [4.78, 5) is 23.6. The first kappa shape index (κ1) is 16.9. The average molecular weight is 347 g/mol. The van der Waals surface area contributed by atoms with E-state index in [-0.39, 0.29) is 17.6 Å². The van der Waals surface area contributed by atoms with Crippen molar-refractivity contribution in [1.82, 2.24) is 5.32 Å². The van der Waals surface area contributed by atoms with Crippen molar-refractivity contribution in [1.29, 1.82) is 0 Å². The number of fused-ring (bicyclic) bond motifs is 1. The Kier molecular flexibility index (Phi) is 5.11. The molecular weight excluding hydrogens is 326 g/mol. The molecule has 0 radical (unpaired) electrons. The van der Waals surface area contributed by atoms with Crippen molar-refractivity contribution < 1.29 is 9.72 Å². The lowest BCUT2D eigenvalue weighted by atomic mass is 9.84. The zero-order valence-corrected chi connectivity index (χ0v) is 14.2. The van der Waals surface area contributed by atoms with Gasteiger partial charge in [-0.3, -0.25) is 14.9 Å². The smallest absolute Gasteiger partial charge is 0.270 e. The van der Waals surface area contributed by atoms with Crippen LogP contribution in [0.4, 0.5) is 5.69 Å². The number of thiophene rings is 1. The molecule has 128 valence electrons. The highest BCUT2D eigenvalue weighted by molar-refractivity contribution is 7.20. The molecule has 1 amide bonds. The van der Waals surface area contributed by atoms with Crippen molar-refractivity contribution >= 4 is 33.0 Å². The molecule has 3 rings (SSSR count). The van der Waals surface area contributed by atoms with E-state index in [2.05, 4.69) is 5.32 Å². The van der Waals surface area contributed by atoms with Crippen LogP contribution in [-0.4, -0.2) is 23.4 Å². The highest BCUT2D eigenvalue weighted by Gasteiger charge is 2.25. The number of hydrogen-bond donors (Lipinski definition) is 2. The van der Waals surface area contributed by atoms with Gasteiger partial charge in [0, 0.05) is 34.8 Å². The second-order valence-electron chi connectivity index (χ2n) is 6.30. The summed E-state index contributed by atoms with van der Waals surface area (Å²) in [7, 11) is 0. The SMILES string of the molecule is NCC(NC(=O)c1cc2cc([N+](=O)[O-])ccc2s1)C1CCCCC1. The van der Waals surface area contributed by atoms with Crippen molar-refractivity contribution in [2.75, 3.05) is 6.54 Å². The number of nitrogens with zero attached hydrogens (tertiary/aromatic N) is 1. The Balaban J connectivity index is 1.76. The molecule has 2 aromatic rings. The highest BCUT2D eigenvalue weighted by atomic mass is 32.1. The van der Waals surface area contributed by atoms with Gasteiger partial charge in [-0.05, 0) is 30.9 Å². The van der Waals surface area contributed by atoms with Crippen molar-refractivity contribution in [2.45, 2.75) is 38.1 Å². The molecule has 1 aromatic heterocycles. The molecule has 1 atom stereocenters. The third kappa shape index (κ3) is 3.57. The number of benzene rings is 1. The van der Waals surface area contributed by atoms with E-state index in [1.165, 1.54) is 42.7 Å². The lowest BCUT2D eigenvalue weighted by Gasteiger charge is -2.29. The summed E-state index contributed by atoms with van der Waals surface area (Å²) in [6.45, 7) is 0.437. The van der Waals surface area contributed by atoms with Gasteiger partial charge in [-0.1, -0.05) is 19.3 Å². The number of carbonyl (C=O) groups is 1. The maximum atomic E-state index is 12.6. The second kappa shape index (κ2) is 7.27. The van der Waals surface area contributed by atoms with E-state index in [0.29, 0.717) is 17.3 Å². The van der Waals surface area contributed by atoms with E-state index in [1.54, 1.807) is 12.1 Å². The van der Waals surface area contributed by atoms with Crippen LogP contribution >= 0.6 is 11.3 Å². The molecule has 3 N–H and O–H groups in total. The maximum absolute atomic E-state index is 12.6. The Morgan fingerprint density at radius 1 is 1.33 bits per heavy atom. The first-order chi connectivity index (χ1) is 11.6. The van der Waals surface area contributed by atoms with Gasteiger partial charge in [0.05, 0.1) is 9.80 Å². The van der Waals surface area contributed by atoms with Crippen LogP contribution in [0.2, 0.25) is 0 Å². The monoisotopic (exact) mass is 347 g/mol. The number of nitro benzene ring substituents is 1. The standard InChI is InChI=1S/C17H21N3O3S/c18-10-14(11-4-2-1-3-5-11)19-17(21)16-9-12-8-13(20(22)23)6-7-15(12)24-16/h6-9,11,14H,1-5,10,18H2,(H,19,21). The van der Waals surface area contributed by atoms with Crippen LogP contribution in [0.25, 0.3) is 10.1 Å². The van der Waals surface area contributed by atoms with Gasteiger partial charge in [0.25, 0.3) is 11.6 Å². The first-order valence-electron chi connectivity index (χ1n) is 8.27. The van der Waals surface area contributed by atoms with Gasteiger partial charge in [-0.2, -0.15) is 0 Å². The van der Waals surface area contributed by atoms with E-state index >= 15 is 0 Å². The fourth-order valence-corrected chi connectivity index (χ4v) is 4.35. The summed E-state index contributed by atoms with van der Waals surface area (Å²) < 4.78 is 0.868. The van der Waals surface area contributed by atoms with Gasteiger partial charge in [0.1, 0.15) is 0 Å². The van der Waals surface area contributed by atoms with E-state index in [0.717, 1.165) is 22.9 Å². The number of hydrogen-bond acceptors (Lipinski definition) is 5. The van der Waals surface area contributed by atoms with Crippen LogP contribution < -0.4 is 11.1 Å². The van der Waals surface area contributed by atoms with Crippen LogP contribution in [0, 0.1) is 16.0 Å². The van der Waals surface area contributed by atoms with Crippen LogP contribution in [0.1, 0.15) is 41.8 Å². The largest absolute Gasteiger partial charge is 0.347 e. The topological polar surface area (TPSA) is 98.3 Å². The summed E-state index contributed by atoms with van der Waals surface area (Å²) in [6, 6.07) is 6.38. The molecule has 1 aliphatic carbocycles. The van der Waals surface area contributed by atoms with Crippen LogP contribution in [0.15, 0.2) is 24.3 Å². The Morgan fingerprint density at radius 3 is 2.75 bits per heavy atom. The minimum absolute atomic E-state index is 0.00246. The molecule has 1 aromatic carbocycles. The molecule has 6 nitrogen and oxygen atoms in total. The van der Waals surface area contributed by atoms with Crippen molar-refractivity contribution in [3.63, 3.8) is 0 Å². The third-order valence-corrected chi connectivity index (χ3v) is 5.84. The minimum Gasteiger partial charge on any atom is -0.347 e. The summed E-state index contributed by atoms with van der Waals surface area (Å²) >= 11 is 1.35. The van der Waals surface area contributed by atoms with Gasteiger partial charge < -0.3 is 11.1 Å². The molecule has 1 aliphatic rings. The molecule has 1 heterocycles. The second-order valence-corrected chi connectivity index (χ2v) is 7.39. The van der Waals surface area contributed by atoms with Crippen LogP contribution in [-0.2, 0) is 0 Å². The number of nitro groups is 1. The van der Waals surface area contributed by atoms with Gasteiger partial charge in [0.2, 0.25) is 0 Å². The van der Waals surface area contributed by atoms with Gasteiger partial charge in [-0.15, -0.1) is 11.3 Å².